The smallest absolute Gasteiger partial charge is 0.163 e. The normalized spacial score (nSPS) is 9.65. The number of pyridine rings is 1. The second-order valence-electron chi connectivity index (χ2n) is 3.58. The fourth-order valence-corrected chi connectivity index (χ4v) is 1.47. The summed E-state index contributed by atoms with van der Waals surface area (Å²) in [6.07, 6.45) is 4.12. The average Bonchev–Trinajstić information content (AvgIpc) is 2.40. The molecular weight excluding hydrogens is 212 g/mol. The van der Waals surface area contributed by atoms with Gasteiger partial charge in [0.05, 0.1) is 11.8 Å². The van der Waals surface area contributed by atoms with Crippen molar-refractivity contribution < 1.29 is 4.74 Å². The molecule has 3 nitrogen and oxygen atoms in total. The van der Waals surface area contributed by atoms with E-state index in [0.29, 0.717) is 17.1 Å². The molecule has 0 saturated carbocycles. The van der Waals surface area contributed by atoms with E-state index >= 15 is 0 Å². The number of rotatable bonds is 3. The predicted molar refractivity (Wildman–Crippen MR) is 64.8 cm³/mol. The highest BCUT2D eigenvalue weighted by molar-refractivity contribution is 5.43. The van der Waals surface area contributed by atoms with Crippen LogP contribution >= 0.6 is 0 Å². The van der Waals surface area contributed by atoms with Crippen LogP contribution in [0.2, 0.25) is 0 Å². The van der Waals surface area contributed by atoms with Crippen LogP contribution in [0.25, 0.3) is 0 Å². The lowest BCUT2D eigenvalue weighted by Crippen LogP contribution is -1.89. The van der Waals surface area contributed by atoms with Gasteiger partial charge < -0.3 is 4.74 Å². The highest BCUT2D eigenvalue weighted by atomic mass is 16.5. The maximum Gasteiger partial charge on any atom is 0.163 e. The van der Waals surface area contributed by atoms with Gasteiger partial charge in [0.15, 0.2) is 5.75 Å². The van der Waals surface area contributed by atoms with Crippen LogP contribution in [0.4, 0.5) is 0 Å². The van der Waals surface area contributed by atoms with Gasteiger partial charge in [-0.15, -0.1) is 0 Å². The van der Waals surface area contributed by atoms with Crippen molar-refractivity contribution in [2.24, 2.45) is 0 Å². The first-order chi connectivity index (χ1) is 8.33. The number of ether oxygens (including phenoxy) is 1. The molecule has 0 unspecified atom stereocenters. The largest absolute Gasteiger partial charge is 0.454 e. The van der Waals surface area contributed by atoms with E-state index in [1.54, 1.807) is 18.5 Å². The molecule has 0 aliphatic heterocycles. The van der Waals surface area contributed by atoms with Gasteiger partial charge >= 0.3 is 0 Å². The lowest BCUT2D eigenvalue weighted by Gasteiger charge is -2.06. The van der Waals surface area contributed by atoms with Gasteiger partial charge in [-0.3, -0.25) is 4.98 Å². The molecule has 3 heteroatoms. The molecule has 0 amide bonds. The van der Waals surface area contributed by atoms with Crippen LogP contribution in [0, 0.1) is 11.3 Å². The maximum atomic E-state index is 8.92. The Kier molecular flexibility index (Phi) is 3.37. The second-order valence-corrected chi connectivity index (χ2v) is 3.58. The first-order valence-electron chi connectivity index (χ1n) is 5.44. The molecule has 0 bridgehead atoms. The van der Waals surface area contributed by atoms with Gasteiger partial charge in [0.25, 0.3) is 0 Å². The number of aromatic nitrogens is 1. The highest BCUT2D eigenvalue weighted by Crippen LogP contribution is 2.23. The first-order valence-corrected chi connectivity index (χ1v) is 5.44. The summed E-state index contributed by atoms with van der Waals surface area (Å²) in [6, 6.07) is 11.5. The van der Waals surface area contributed by atoms with Crippen molar-refractivity contribution in [2.75, 3.05) is 0 Å². The minimum atomic E-state index is 0.485. The number of benzene rings is 1. The lowest BCUT2D eigenvalue weighted by molar-refractivity contribution is 0.478. The van der Waals surface area contributed by atoms with Crippen LogP contribution in [-0.4, -0.2) is 4.98 Å². The molecule has 0 fully saturated rings. The third-order valence-electron chi connectivity index (χ3n) is 2.46. The van der Waals surface area contributed by atoms with Gasteiger partial charge in [0.1, 0.15) is 11.8 Å². The van der Waals surface area contributed by atoms with Crippen molar-refractivity contribution in [3.8, 4) is 17.6 Å². The molecule has 2 rings (SSSR count). The molecule has 0 spiro atoms. The Morgan fingerprint density at radius 2 is 2.00 bits per heavy atom. The summed E-state index contributed by atoms with van der Waals surface area (Å²) in [5.74, 6) is 1.20. The molecule has 1 heterocycles. The van der Waals surface area contributed by atoms with Crippen LogP contribution in [0.3, 0.4) is 0 Å². The summed E-state index contributed by atoms with van der Waals surface area (Å²) >= 11 is 0. The molecule has 0 saturated heterocycles. The van der Waals surface area contributed by atoms with Crippen molar-refractivity contribution in [3.05, 3.63) is 53.9 Å². The maximum absolute atomic E-state index is 8.92. The second kappa shape index (κ2) is 5.13. The minimum Gasteiger partial charge on any atom is -0.454 e. The minimum absolute atomic E-state index is 0.485. The third-order valence-corrected chi connectivity index (χ3v) is 2.46. The van der Waals surface area contributed by atoms with Crippen molar-refractivity contribution in [2.45, 2.75) is 13.3 Å². The lowest BCUT2D eigenvalue weighted by atomic mass is 10.2. The Morgan fingerprint density at radius 3 is 2.65 bits per heavy atom. The number of aryl methyl sites for hydroxylation is 1. The van der Waals surface area contributed by atoms with Gasteiger partial charge in [0, 0.05) is 6.20 Å². The van der Waals surface area contributed by atoms with Crippen LogP contribution in [0.1, 0.15) is 18.1 Å². The summed E-state index contributed by atoms with van der Waals surface area (Å²) < 4.78 is 5.61. The number of hydrogen-bond acceptors (Lipinski definition) is 3. The van der Waals surface area contributed by atoms with Crippen molar-refractivity contribution >= 4 is 0 Å². The standard InChI is InChI=1S/C14H12N2O/c1-2-11-3-5-13(6-4-11)17-14-10-16-8-7-12(14)9-15/h3-8,10H,2H2,1H3. The fourth-order valence-electron chi connectivity index (χ4n) is 1.47. The SMILES string of the molecule is CCc1ccc(Oc2cnccc2C#N)cc1. The monoisotopic (exact) mass is 224 g/mol. The van der Waals surface area contributed by atoms with E-state index in [4.69, 9.17) is 10.00 Å². The summed E-state index contributed by atoms with van der Waals surface area (Å²) in [6.45, 7) is 2.10. The molecular formula is C14H12N2O. The predicted octanol–water partition coefficient (Wildman–Crippen LogP) is 3.31. The Balaban J connectivity index is 2.23. The Hall–Kier alpha value is -2.34. The van der Waals surface area contributed by atoms with E-state index in [-0.39, 0.29) is 0 Å². The molecule has 1 aromatic heterocycles. The van der Waals surface area contributed by atoms with Gasteiger partial charge in [-0.25, -0.2) is 0 Å². The molecule has 0 radical (unpaired) electrons. The highest BCUT2D eigenvalue weighted by Gasteiger charge is 2.03. The van der Waals surface area contributed by atoms with Gasteiger partial charge in [0.2, 0.25) is 0 Å². The zero-order valence-electron chi connectivity index (χ0n) is 9.55. The molecule has 0 aliphatic rings. The number of nitriles is 1. The number of nitrogens with zero attached hydrogens (tertiary/aromatic N) is 2. The van der Waals surface area contributed by atoms with Crippen LogP contribution in [-0.2, 0) is 6.42 Å². The molecule has 1 aromatic carbocycles. The van der Waals surface area contributed by atoms with E-state index in [9.17, 15) is 0 Å². The molecule has 0 N–H and O–H groups in total. The molecule has 2 aromatic rings. The summed E-state index contributed by atoms with van der Waals surface area (Å²) in [4.78, 5) is 3.95. The van der Waals surface area contributed by atoms with Gasteiger partial charge in [-0.2, -0.15) is 5.26 Å². The van der Waals surface area contributed by atoms with Crippen LogP contribution in [0.15, 0.2) is 42.7 Å². The topological polar surface area (TPSA) is 45.9 Å². The fraction of sp³-hybridized carbons (Fsp3) is 0.143. The zero-order chi connectivity index (χ0) is 12.1. The van der Waals surface area contributed by atoms with Crippen molar-refractivity contribution in [1.29, 1.82) is 5.26 Å². The molecule has 0 aliphatic carbocycles. The summed E-state index contributed by atoms with van der Waals surface area (Å²) in [7, 11) is 0. The van der Waals surface area contributed by atoms with E-state index < -0.39 is 0 Å². The van der Waals surface area contributed by atoms with Crippen LogP contribution in [0.5, 0.6) is 11.5 Å². The molecule has 84 valence electrons. The summed E-state index contributed by atoms with van der Waals surface area (Å²) in [5.41, 5.74) is 1.74. The average molecular weight is 224 g/mol. The molecule has 0 atom stereocenters. The third kappa shape index (κ3) is 2.61. The van der Waals surface area contributed by atoms with Crippen molar-refractivity contribution in [1.82, 2.24) is 4.98 Å². The summed E-state index contributed by atoms with van der Waals surface area (Å²) in [5, 5.41) is 8.92. The van der Waals surface area contributed by atoms with Gasteiger partial charge in [-0.1, -0.05) is 19.1 Å². The van der Waals surface area contributed by atoms with E-state index in [1.165, 1.54) is 5.56 Å². The Bertz CT molecular complexity index is 541. The Morgan fingerprint density at radius 1 is 1.24 bits per heavy atom. The van der Waals surface area contributed by atoms with Gasteiger partial charge in [-0.05, 0) is 30.2 Å². The van der Waals surface area contributed by atoms with E-state index in [0.717, 1.165) is 6.42 Å². The Labute approximate surface area is 100 Å². The van der Waals surface area contributed by atoms with Crippen molar-refractivity contribution in [3.63, 3.8) is 0 Å². The van der Waals surface area contributed by atoms with Crippen LogP contribution < -0.4 is 4.74 Å². The zero-order valence-corrected chi connectivity index (χ0v) is 9.55. The van der Waals surface area contributed by atoms with E-state index in [1.807, 2.05) is 24.3 Å². The number of hydrogen-bond donors (Lipinski definition) is 0. The first kappa shape index (κ1) is 11.2. The molecule has 17 heavy (non-hydrogen) atoms. The van der Waals surface area contributed by atoms with E-state index in [2.05, 4.69) is 18.0 Å². The quantitative estimate of drug-likeness (QED) is 0.803.